The van der Waals surface area contributed by atoms with E-state index in [9.17, 15) is 18.3 Å². The zero-order chi connectivity index (χ0) is 12.5. The Labute approximate surface area is 102 Å². The highest BCUT2D eigenvalue weighted by atomic mass is 32.2. The average molecular weight is 261 g/mol. The van der Waals surface area contributed by atoms with Gasteiger partial charge >= 0.3 is 5.97 Å². The fourth-order valence-electron chi connectivity index (χ4n) is 3.02. The molecule has 2 saturated heterocycles. The Morgan fingerprint density at radius 1 is 1.41 bits per heavy atom. The Balaban J connectivity index is 2.06. The molecule has 0 aromatic rings. The zero-order valence-electron chi connectivity index (χ0n) is 9.81. The van der Waals surface area contributed by atoms with Crippen LogP contribution in [0.15, 0.2) is 0 Å². The van der Waals surface area contributed by atoms with Crippen LogP contribution in [0.2, 0.25) is 0 Å². The van der Waals surface area contributed by atoms with E-state index >= 15 is 0 Å². The number of carboxylic acid groups (broad SMARTS) is 1. The van der Waals surface area contributed by atoms with Gasteiger partial charge in [-0.3, -0.25) is 4.79 Å². The Morgan fingerprint density at radius 3 is 2.71 bits per heavy atom. The van der Waals surface area contributed by atoms with Crippen LogP contribution in [0.3, 0.4) is 0 Å². The summed E-state index contributed by atoms with van der Waals surface area (Å²) in [5, 5.41) is 12.4. The smallest absolute Gasteiger partial charge is 0.323 e. The highest BCUT2D eigenvalue weighted by molar-refractivity contribution is 7.91. The molecule has 0 aromatic heterocycles. The van der Waals surface area contributed by atoms with E-state index in [-0.39, 0.29) is 17.4 Å². The molecule has 2 rings (SSSR count). The molecular formula is C11H19NO4S. The van der Waals surface area contributed by atoms with Crippen molar-refractivity contribution in [2.45, 2.75) is 37.6 Å². The highest BCUT2D eigenvalue weighted by Crippen LogP contribution is 2.32. The van der Waals surface area contributed by atoms with Crippen molar-refractivity contribution in [3.05, 3.63) is 0 Å². The van der Waals surface area contributed by atoms with Gasteiger partial charge in [-0.2, -0.15) is 0 Å². The van der Waals surface area contributed by atoms with Crippen molar-refractivity contribution < 1.29 is 18.3 Å². The maximum Gasteiger partial charge on any atom is 0.323 e. The van der Waals surface area contributed by atoms with Gasteiger partial charge in [0.25, 0.3) is 0 Å². The molecule has 0 amide bonds. The summed E-state index contributed by atoms with van der Waals surface area (Å²) in [7, 11) is -2.95. The van der Waals surface area contributed by atoms with Gasteiger partial charge in [-0.1, -0.05) is 0 Å². The van der Waals surface area contributed by atoms with Crippen LogP contribution >= 0.6 is 0 Å². The van der Waals surface area contributed by atoms with E-state index < -0.39 is 21.3 Å². The van der Waals surface area contributed by atoms with Crippen LogP contribution in [-0.4, -0.2) is 43.1 Å². The number of aliphatic carboxylic acids is 1. The van der Waals surface area contributed by atoms with E-state index in [0.29, 0.717) is 25.8 Å². The first-order valence-corrected chi connectivity index (χ1v) is 7.95. The normalized spacial score (nSPS) is 36.8. The molecule has 2 heterocycles. The monoisotopic (exact) mass is 261 g/mol. The van der Waals surface area contributed by atoms with Crippen molar-refractivity contribution >= 4 is 15.8 Å². The third kappa shape index (κ3) is 2.80. The Kier molecular flexibility index (Phi) is 3.45. The standard InChI is InChI=1S/C11H19NO4S/c13-10(14)11(4-2-5-12-11)7-9-3-1-6-17(15,16)8-9/h9,12H,1-8H2,(H,13,14). The topological polar surface area (TPSA) is 83.5 Å². The first-order valence-electron chi connectivity index (χ1n) is 6.12. The molecule has 2 fully saturated rings. The summed E-state index contributed by atoms with van der Waals surface area (Å²) in [5.41, 5.74) is -0.877. The van der Waals surface area contributed by atoms with Crippen molar-refractivity contribution in [2.24, 2.45) is 5.92 Å². The van der Waals surface area contributed by atoms with Crippen molar-refractivity contribution in [1.29, 1.82) is 0 Å². The molecule has 2 unspecified atom stereocenters. The van der Waals surface area contributed by atoms with Gasteiger partial charge in [0, 0.05) is 0 Å². The lowest BCUT2D eigenvalue weighted by atomic mass is 9.85. The molecule has 2 aliphatic rings. The minimum atomic E-state index is -2.95. The summed E-state index contributed by atoms with van der Waals surface area (Å²) in [6.07, 6.45) is 3.41. The number of rotatable bonds is 3. The van der Waals surface area contributed by atoms with E-state index in [2.05, 4.69) is 5.32 Å². The molecule has 0 spiro atoms. The summed E-state index contributed by atoms with van der Waals surface area (Å²) in [5.74, 6) is -0.422. The summed E-state index contributed by atoms with van der Waals surface area (Å²) < 4.78 is 23.1. The van der Waals surface area contributed by atoms with Gasteiger partial charge in [0.1, 0.15) is 5.54 Å². The summed E-state index contributed by atoms with van der Waals surface area (Å²) >= 11 is 0. The van der Waals surface area contributed by atoms with Gasteiger partial charge in [-0.05, 0) is 44.6 Å². The lowest BCUT2D eigenvalue weighted by molar-refractivity contribution is -0.145. The molecule has 0 saturated carbocycles. The van der Waals surface area contributed by atoms with E-state index in [0.717, 1.165) is 12.8 Å². The molecule has 6 heteroatoms. The van der Waals surface area contributed by atoms with E-state index in [1.807, 2.05) is 0 Å². The number of hydrogen-bond acceptors (Lipinski definition) is 4. The minimum Gasteiger partial charge on any atom is -0.480 e. The van der Waals surface area contributed by atoms with Crippen LogP contribution in [0, 0.1) is 5.92 Å². The molecular weight excluding hydrogens is 242 g/mol. The third-order valence-electron chi connectivity index (χ3n) is 3.85. The van der Waals surface area contributed by atoms with Crippen molar-refractivity contribution in [1.82, 2.24) is 5.32 Å². The van der Waals surface area contributed by atoms with Crippen molar-refractivity contribution in [3.63, 3.8) is 0 Å². The van der Waals surface area contributed by atoms with Crippen LogP contribution < -0.4 is 5.32 Å². The number of carbonyl (C=O) groups is 1. The highest BCUT2D eigenvalue weighted by Gasteiger charge is 2.43. The van der Waals surface area contributed by atoms with Gasteiger partial charge in [-0.15, -0.1) is 0 Å². The molecule has 0 aromatic carbocycles. The van der Waals surface area contributed by atoms with Crippen molar-refractivity contribution in [2.75, 3.05) is 18.1 Å². The van der Waals surface area contributed by atoms with Gasteiger partial charge in [0.05, 0.1) is 11.5 Å². The molecule has 0 aliphatic carbocycles. The average Bonchev–Trinajstić information content (AvgIpc) is 2.66. The number of sulfone groups is 1. The number of carboxylic acids is 1. The van der Waals surface area contributed by atoms with Crippen LogP contribution in [0.4, 0.5) is 0 Å². The minimum absolute atomic E-state index is 0.00421. The molecule has 0 bridgehead atoms. The maximum absolute atomic E-state index is 11.5. The molecule has 0 radical (unpaired) electrons. The number of hydrogen-bond donors (Lipinski definition) is 2. The second-order valence-corrected chi connectivity index (χ2v) is 7.47. The van der Waals surface area contributed by atoms with Gasteiger partial charge < -0.3 is 10.4 Å². The SMILES string of the molecule is O=C(O)C1(CC2CCCS(=O)(=O)C2)CCCN1. The summed E-state index contributed by atoms with van der Waals surface area (Å²) in [6, 6.07) is 0. The molecule has 17 heavy (non-hydrogen) atoms. The predicted octanol–water partition coefficient (Wildman–Crippen LogP) is 0.408. The number of nitrogens with one attached hydrogen (secondary N) is 1. The fraction of sp³-hybridized carbons (Fsp3) is 0.909. The lowest BCUT2D eigenvalue weighted by Gasteiger charge is -2.31. The van der Waals surface area contributed by atoms with Gasteiger partial charge in [-0.25, -0.2) is 8.42 Å². The second kappa shape index (κ2) is 4.57. The van der Waals surface area contributed by atoms with Crippen LogP contribution in [-0.2, 0) is 14.6 Å². The van der Waals surface area contributed by atoms with E-state index in [4.69, 9.17) is 0 Å². The van der Waals surface area contributed by atoms with E-state index in [1.165, 1.54) is 0 Å². The lowest BCUT2D eigenvalue weighted by Crippen LogP contribution is -2.50. The molecule has 2 atom stereocenters. The van der Waals surface area contributed by atoms with Gasteiger partial charge in [0.2, 0.25) is 0 Å². The first kappa shape index (κ1) is 12.8. The summed E-state index contributed by atoms with van der Waals surface area (Å²) in [4.78, 5) is 11.3. The molecule has 5 nitrogen and oxygen atoms in total. The Hall–Kier alpha value is -0.620. The zero-order valence-corrected chi connectivity index (χ0v) is 10.6. The predicted molar refractivity (Wildman–Crippen MR) is 63.6 cm³/mol. The quantitative estimate of drug-likeness (QED) is 0.768. The first-order chi connectivity index (χ1) is 7.94. The maximum atomic E-state index is 11.5. The van der Waals surface area contributed by atoms with Gasteiger partial charge in [0.15, 0.2) is 9.84 Å². The second-order valence-electron chi connectivity index (χ2n) is 5.24. The summed E-state index contributed by atoms with van der Waals surface area (Å²) in [6.45, 7) is 0.714. The molecule has 2 N–H and O–H groups in total. The van der Waals surface area contributed by atoms with Crippen molar-refractivity contribution in [3.8, 4) is 0 Å². The largest absolute Gasteiger partial charge is 0.480 e. The molecule has 98 valence electrons. The fourth-order valence-corrected chi connectivity index (χ4v) is 4.80. The Morgan fingerprint density at radius 2 is 2.18 bits per heavy atom. The van der Waals surface area contributed by atoms with E-state index in [1.54, 1.807) is 0 Å². The van der Waals surface area contributed by atoms with Crippen LogP contribution in [0.25, 0.3) is 0 Å². The third-order valence-corrected chi connectivity index (χ3v) is 5.74. The Bertz CT molecular complexity index is 398. The van der Waals surface area contributed by atoms with Crippen LogP contribution in [0.5, 0.6) is 0 Å². The van der Waals surface area contributed by atoms with Crippen LogP contribution in [0.1, 0.15) is 32.1 Å². The molecule has 2 aliphatic heterocycles.